The number of methoxy groups -OCH3 is 1. The van der Waals surface area contributed by atoms with Crippen LogP contribution in [0.25, 0.3) is 0 Å². The molecular weight excluding hydrogens is 304 g/mol. The fourth-order valence-corrected chi connectivity index (χ4v) is 2.73. The second-order valence-corrected chi connectivity index (χ2v) is 6.33. The Hall–Kier alpha value is -1.46. The SMILES string of the molecule is COC(=O)CCCCCCCCCCCCCCCC(=N)N=NN. The molecule has 0 spiro atoms. The van der Waals surface area contributed by atoms with Crippen LogP contribution in [0.3, 0.4) is 0 Å². The van der Waals surface area contributed by atoms with Crippen LogP contribution < -0.4 is 5.84 Å². The van der Waals surface area contributed by atoms with Gasteiger partial charge in [0.1, 0.15) is 5.84 Å². The van der Waals surface area contributed by atoms with Gasteiger partial charge in [-0.25, -0.2) is 0 Å². The number of hydrogen-bond donors (Lipinski definition) is 2. The van der Waals surface area contributed by atoms with E-state index in [4.69, 9.17) is 11.3 Å². The summed E-state index contributed by atoms with van der Waals surface area (Å²) < 4.78 is 4.62. The molecule has 0 saturated heterocycles. The lowest BCUT2D eigenvalue weighted by Crippen LogP contribution is -1.99. The van der Waals surface area contributed by atoms with Crippen molar-refractivity contribution >= 4 is 11.8 Å². The molecule has 0 aromatic rings. The van der Waals surface area contributed by atoms with Gasteiger partial charge in [-0.05, 0) is 12.8 Å². The lowest BCUT2D eigenvalue weighted by molar-refractivity contribution is -0.140. The molecule has 0 unspecified atom stereocenters. The van der Waals surface area contributed by atoms with Crippen molar-refractivity contribution in [3.63, 3.8) is 0 Å². The van der Waals surface area contributed by atoms with Gasteiger partial charge in [-0.1, -0.05) is 75.9 Å². The van der Waals surface area contributed by atoms with E-state index in [2.05, 4.69) is 15.1 Å². The maximum Gasteiger partial charge on any atom is 0.305 e. The maximum atomic E-state index is 10.9. The summed E-state index contributed by atoms with van der Waals surface area (Å²) in [5.41, 5.74) is 0. The lowest BCUT2D eigenvalue weighted by atomic mass is 10.0. The van der Waals surface area contributed by atoms with E-state index in [9.17, 15) is 4.79 Å². The zero-order valence-electron chi connectivity index (χ0n) is 15.4. The molecule has 0 aliphatic rings. The molecule has 0 rings (SSSR count). The Morgan fingerprint density at radius 3 is 1.54 bits per heavy atom. The average Bonchev–Trinajstić information content (AvgIpc) is 2.58. The van der Waals surface area contributed by atoms with Crippen LogP contribution >= 0.6 is 0 Å². The molecule has 24 heavy (non-hydrogen) atoms. The number of nitrogens with two attached hydrogens (primary N) is 1. The monoisotopic (exact) mass is 340 g/mol. The van der Waals surface area contributed by atoms with Gasteiger partial charge in [-0.2, -0.15) is 0 Å². The number of rotatable bonds is 16. The van der Waals surface area contributed by atoms with E-state index >= 15 is 0 Å². The highest BCUT2D eigenvalue weighted by atomic mass is 16.5. The highest BCUT2D eigenvalue weighted by Gasteiger charge is 1.99. The third-order valence-electron chi connectivity index (χ3n) is 4.20. The Kier molecular flexibility index (Phi) is 16.8. The average molecular weight is 341 g/mol. The number of carbonyl (C=O) groups excluding carboxylic acids is 1. The first-order valence-electron chi connectivity index (χ1n) is 9.46. The van der Waals surface area contributed by atoms with Crippen molar-refractivity contribution in [1.29, 1.82) is 5.41 Å². The van der Waals surface area contributed by atoms with E-state index in [0.717, 1.165) is 25.7 Å². The molecule has 6 nitrogen and oxygen atoms in total. The Balaban J connectivity index is 3.10. The third kappa shape index (κ3) is 16.9. The molecule has 0 aliphatic heterocycles. The van der Waals surface area contributed by atoms with Gasteiger partial charge in [0.2, 0.25) is 0 Å². The third-order valence-corrected chi connectivity index (χ3v) is 4.20. The van der Waals surface area contributed by atoms with E-state index in [1.165, 1.54) is 64.9 Å². The fraction of sp³-hybridized carbons (Fsp3) is 0.889. The highest BCUT2D eigenvalue weighted by molar-refractivity contribution is 5.79. The first-order chi connectivity index (χ1) is 11.7. The standard InChI is InChI=1S/C18H36N4O2/c1-24-18(23)16-14-12-10-8-6-4-2-3-5-7-9-11-13-15-17(19)21-22-20/h2-16H2,1H3,(H3,19,20,21). The van der Waals surface area contributed by atoms with E-state index < -0.39 is 0 Å². The summed E-state index contributed by atoms with van der Waals surface area (Å²) in [5.74, 6) is 5.09. The summed E-state index contributed by atoms with van der Waals surface area (Å²) in [5, 5.41) is 14.0. The molecule has 0 bridgehead atoms. The summed E-state index contributed by atoms with van der Waals surface area (Å²) >= 11 is 0. The quantitative estimate of drug-likeness (QED) is 0.0756. The minimum Gasteiger partial charge on any atom is -0.469 e. The number of hydrogen-bond acceptors (Lipinski definition) is 4. The van der Waals surface area contributed by atoms with Crippen molar-refractivity contribution < 1.29 is 9.53 Å². The van der Waals surface area contributed by atoms with Crippen LogP contribution in [-0.4, -0.2) is 18.9 Å². The molecule has 0 aromatic carbocycles. The molecule has 6 heteroatoms. The largest absolute Gasteiger partial charge is 0.469 e. The van der Waals surface area contributed by atoms with Gasteiger partial charge < -0.3 is 10.6 Å². The van der Waals surface area contributed by atoms with Gasteiger partial charge in [-0.15, -0.1) is 5.11 Å². The van der Waals surface area contributed by atoms with Crippen molar-refractivity contribution in [3.8, 4) is 0 Å². The molecule has 0 fully saturated rings. The highest BCUT2D eigenvalue weighted by Crippen LogP contribution is 2.13. The van der Waals surface area contributed by atoms with Crippen LogP contribution in [0.4, 0.5) is 0 Å². The van der Waals surface area contributed by atoms with Gasteiger partial charge in [0.15, 0.2) is 0 Å². The Morgan fingerprint density at radius 1 is 0.792 bits per heavy atom. The van der Waals surface area contributed by atoms with Crippen LogP contribution in [0, 0.1) is 5.41 Å². The van der Waals surface area contributed by atoms with Crippen molar-refractivity contribution in [3.05, 3.63) is 0 Å². The Bertz CT molecular complexity index is 346. The van der Waals surface area contributed by atoms with Crippen LogP contribution in [0.15, 0.2) is 10.3 Å². The van der Waals surface area contributed by atoms with Crippen LogP contribution in [0.1, 0.15) is 96.3 Å². The van der Waals surface area contributed by atoms with Gasteiger partial charge in [0, 0.05) is 12.8 Å². The molecule has 0 atom stereocenters. The second kappa shape index (κ2) is 17.9. The zero-order chi connectivity index (χ0) is 17.9. The summed E-state index contributed by atoms with van der Waals surface area (Å²) in [6.07, 6.45) is 17.2. The van der Waals surface area contributed by atoms with E-state index in [1.807, 2.05) is 0 Å². The van der Waals surface area contributed by atoms with Crippen molar-refractivity contribution in [2.24, 2.45) is 16.2 Å². The summed E-state index contributed by atoms with van der Waals surface area (Å²) in [7, 11) is 1.45. The molecule has 140 valence electrons. The summed E-state index contributed by atoms with van der Waals surface area (Å²) in [6, 6.07) is 0. The van der Waals surface area contributed by atoms with Gasteiger partial charge >= 0.3 is 5.97 Å². The lowest BCUT2D eigenvalue weighted by Gasteiger charge is -2.03. The zero-order valence-corrected chi connectivity index (χ0v) is 15.4. The molecule has 0 heterocycles. The predicted octanol–water partition coefficient (Wildman–Crippen LogP) is 5.31. The first kappa shape index (κ1) is 22.5. The summed E-state index contributed by atoms with van der Waals surface area (Å²) in [6.45, 7) is 0. The van der Waals surface area contributed by atoms with Gasteiger partial charge in [0.25, 0.3) is 0 Å². The Labute approximate surface area is 147 Å². The number of unbranched alkanes of at least 4 members (excludes halogenated alkanes) is 12. The predicted molar refractivity (Wildman–Crippen MR) is 98.0 cm³/mol. The van der Waals surface area contributed by atoms with Crippen molar-refractivity contribution in [2.75, 3.05) is 7.11 Å². The number of esters is 1. The fourth-order valence-electron chi connectivity index (χ4n) is 2.73. The van der Waals surface area contributed by atoms with Crippen molar-refractivity contribution in [2.45, 2.75) is 96.3 Å². The van der Waals surface area contributed by atoms with E-state index in [0.29, 0.717) is 12.8 Å². The van der Waals surface area contributed by atoms with Crippen molar-refractivity contribution in [1.82, 2.24) is 0 Å². The van der Waals surface area contributed by atoms with Crippen LogP contribution in [-0.2, 0) is 9.53 Å². The Morgan fingerprint density at radius 2 is 1.17 bits per heavy atom. The number of carbonyl (C=O) groups is 1. The topological polar surface area (TPSA) is 101 Å². The molecule has 0 saturated carbocycles. The second-order valence-electron chi connectivity index (χ2n) is 6.33. The number of nitrogens with zero attached hydrogens (tertiary/aromatic N) is 2. The van der Waals surface area contributed by atoms with Crippen LogP contribution in [0.5, 0.6) is 0 Å². The molecule has 0 aliphatic carbocycles. The summed E-state index contributed by atoms with van der Waals surface area (Å²) in [4.78, 5) is 10.9. The van der Waals surface area contributed by atoms with Gasteiger partial charge in [-0.3, -0.25) is 10.2 Å². The minimum absolute atomic E-state index is 0.0886. The number of ether oxygens (including phenoxy) is 1. The number of amidine groups is 1. The first-order valence-corrected chi connectivity index (χ1v) is 9.46. The van der Waals surface area contributed by atoms with E-state index in [-0.39, 0.29) is 11.8 Å². The molecule has 0 amide bonds. The number of nitrogens with one attached hydrogen (secondary N) is 1. The molecule has 0 radical (unpaired) electrons. The molecular formula is C18H36N4O2. The smallest absolute Gasteiger partial charge is 0.305 e. The molecule has 3 N–H and O–H groups in total. The normalized spacial score (nSPS) is 11.0. The van der Waals surface area contributed by atoms with Crippen LogP contribution in [0.2, 0.25) is 0 Å². The van der Waals surface area contributed by atoms with E-state index in [1.54, 1.807) is 0 Å². The van der Waals surface area contributed by atoms with Gasteiger partial charge in [0.05, 0.1) is 7.11 Å². The maximum absolute atomic E-state index is 10.9. The molecule has 0 aromatic heterocycles. The minimum atomic E-state index is -0.0886.